The summed E-state index contributed by atoms with van der Waals surface area (Å²) in [6.07, 6.45) is 0.226. The average Bonchev–Trinajstić information content (AvgIpc) is 2.46. The van der Waals surface area contributed by atoms with Crippen LogP contribution in [0.4, 0.5) is 8.78 Å². The summed E-state index contributed by atoms with van der Waals surface area (Å²) < 4.78 is 25.0. The molecule has 1 aliphatic heterocycles. The lowest BCUT2D eigenvalue weighted by atomic mass is 9.80. The fourth-order valence-corrected chi connectivity index (χ4v) is 2.08. The highest BCUT2D eigenvalue weighted by Gasteiger charge is 2.50. The SMILES string of the molecule is N[C@@H]1CCN(C(=O)C2CC(F)(F)C2)C1. The number of carbonyl (C=O) groups is 1. The third kappa shape index (κ3) is 1.73. The molecule has 1 atom stereocenters. The molecule has 0 aromatic carbocycles. The van der Waals surface area contributed by atoms with Crippen molar-refractivity contribution in [3.05, 3.63) is 0 Å². The lowest BCUT2D eigenvalue weighted by Gasteiger charge is -2.36. The molecule has 14 heavy (non-hydrogen) atoms. The van der Waals surface area contributed by atoms with Crippen molar-refractivity contribution >= 4 is 5.91 Å². The molecular weight excluding hydrogens is 190 g/mol. The summed E-state index contributed by atoms with van der Waals surface area (Å²) in [7, 11) is 0. The second kappa shape index (κ2) is 3.15. The Labute approximate surface area is 81.2 Å². The highest BCUT2D eigenvalue weighted by molar-refractivity contribution is 5.80. The standard InChI is InChI=1S/C9H14F2N2O/c10-9(11)3-6(4-9)8(14)13-2-1-7(12)5-13/h6-7H,1-5,12H2/t7-/m1/s1. The van der Waals surface area contributed by atoms with E-state index in [1.807, 2.05) is 0 Å². The number of nitrogens with two attached hydrogens (primary N) is 1. The molecule has 3 nitrogen and oxygen atoms in total. The first kappa shape index (κ1) is 9.83. The van der Waals surface area contributed by atoms with Crippen molar-refractivity contribution in [2.75, 3.05) is 13.1 Å². The number of rotatable bonds is 1. The molecule has 5 heteroatoms. The molecule has 0 unspecified atom stereocenters. The van der Waals surface area contributed by atoms with Crippen LogP contribution in [0.15, 0.2) is 0 Å². The van der Waals surface area contributed by atoms with Crippen molar-refractivity contribution in [2.45, 2.75) is 31.2 Å². The molecule has 0 aromatic rings. The number of likely N-dealkylation sites (tertiary alicyclic amines) is 1. The second-order valence-corrected chi connectivity index (χ2v) is 4.29. The number of nitrogens with zero attached hydrogens (tertiary/aromatic N) is 1. The van der Waals surface area contributed by atoms with Crippen LogP contribution in [0.2, 0.25) is 0 Å². The van der Waals surface area contributed by atoms with Gasteiger partial charge in [-0.1, -0.05) is 0 Å². The summed E-state index contributed by atoms with van der Waals surface area (Å²) in [5, 5.41) is 0. The van der Waals surface area contributed by atoms with E-state index in [1.165, 1.54) is 0 Å². The minimum atomic E-state index is -2.61. The van der Waals surface area contributed by atoms with E-state index < -0.39 is 11.8 Å². The van der Waals surface area contributed by atoms with Crippen molar-refractivity contribution in [1.82, 2.24) is 4.90 Å². The zero-order valence-corrected chi connectivity index (χ0v) is 7.88. The highest BCUT2D eigenvalue weighted by Crippen LogP contribution is 2.43. The first-order valence-electron chi connectivity index (χ1n) is 4.90. The summed E-state index contributed by atoms with van der Waals surface area (Å²) in [4.78, 5) is 13.2. The third-order valence-electron chi connectivity index (χ3n) is 2.98. The molecule has 0 aromatic heterocycles. The van der Waals surface area contributed by atoms with E-state index >= 15 is 0 Å². The van der Waals surface area contributed by atoms with Gasteiger partial charge in [0.1, 0.15) is 0 Å². The fraction of sp³-hybridized carbons (Fsp3) is 0.889. The first-order valence-corrected chi connectivity index (χ1v) is 4.90. The Morgan fingerprint density at radius 1 is 1.43 bits per heavy atom. The van der Waals surface area contributed by atoms with Gasteiger partial charge in [-0.3, -0.25) is 4.79 Å². The molecule has 80 valence electrons. The maximum atomic E-state index is 12.5. The Morgan fingerprint density at radius 2 is 2.07 bits per heavy atom. The van der Waals surface area contributed by atoms with Crippen LogP contribution in [0.25, 0.3) is 0 Å². The van der Waals surface area contributed by atoms with Gasteiger partial charge >= 0.3 is 0 Å². The summed E-state index contributed by atoms with van der Waals surface area (Å²) >= 11 is 0. The lowest BCUT2D eigenvalue weighted by Crippen LogP contribution is -2.46. The Balaban J connectivity index is 1.85. The molecule has 0 radical (unpaired) electrons. The average molecular weight is 204 g/mol. The predicted molar refractivity (Wildman–Crippen MR) is 46.8 cm³/mol. The zero-order chi connectivity index (χ0) is 10.3. The molecular formula is C9H14F2N2O. The molecule has 1 saturated heterocycles. The number of hydrogen-bond acceptors (Lipinski definition) is 2. The van der Waals surface area contributed by atoms with E-state index in [-0.39, 0.29) is 24.8 Å². The molecule has 2 fully saturated rings. The van der Waals surface area contributed by atoms with Gasteiger partial charge in [0.25, 0.3) is 0 Å². The van der Waals surface area contributed by atoms with Crippen LogP contribution in [-0.4, -0.2) is 35.9 Å². The van der Waals surface area contributed by atoms with E-state index in [0.717, 1.165) is 6.42 Å². The van der Waals surface area contributed by atoms with Gasteiger partial charge in [-0.05, 0) is 6.42 Å². The van der Waals surface area contributed by atoms with Crippen LogP contribution in [0.1, 0.15) is 19.3 Å². The summed E-state index contributed by atoms with van der Waals surface area (Å²) in [6.45, 7) is 1.16. The van der Waals surface area contributed by atoms with E-state index in [1.54, 1.807) is 4.90 Å². The van der Waals surface area contributed by atoms with Gasteiger partial charge in [0.2, 0.25) is 11.8 Å². The Morgan fingerprint density at radius 3 is 2.50 bits per heavy atom. The Kier molecular flexibility index (Phi) is 2.21. The van der Waals surface area contributed by atoms with Crippen molar-refractivity contribution in [1.29, 1.82) is 0 Å². The molecule has 2 rings (SSSR count). The lowest BCUT2D eigenvalue weighted by molar-refractivity contribution is -0.158. The fourth-order valence-electron chi connectivity index (χ4n) is 2.08. The maximum Gasteiger partial charge on any atom is 0.249 e. The van der Waals surface area contributed by atoms with E-state index in [2.05, 4.69) is 0 Å². The van der Waals surface area contributed by atoms with Crippen molar-refractivity contribution in [2.24, 2.45) is 11.7 Å². The van der Waals surface area contributed by atoms with Gasteiger partial charge in [-0.2, -0.15) is 0 Å². The van der Waals surface area contributed by atoms with Crippen LogP contribution in [0.3, 0.4) is 0 Å². The Hall–Kier alpha value is -0.710. The molecule has 1 heterocycles. The van der Waals surface area contributed by atoms with Gasteiger partial charge < -0.3 is 10.6 Å². The quantitative estimate of drug-likeness (QED) is 0.679. The molecule has 0 bridgehead atoms. The number of hydrogen-bond donors (Lipinski definition) is 1. The predicted octanol–water partition coefficient (Wildman–Crippen LogP) is 0.591. The van der Waals surface area contributed by atoms with Crippen LogP contribution in [0.5, 0.6) is 0 Å². The summed E-state index contributed by atoms with van der Waals surface area (Å²) in [5.74, 6) is -3.21. The van der Waals surface area contributed by atoms with E-state index in [4.69, 9.17) is 5.73 Å². The van der Waals surface area contributed by atoms with E-state index in [9.17, 15) is 13.6 Å². The second-order valence-electron chi connectivity index (χ2n) is 4.29. The number of halogens is 2. The van der Waals surface area contributed by atoms with Gasteiger partial charge in [0.15, 0.2) is 0 Å². The largest absolute Gasteiger partial charge is 0.341 e. The van der Waals surface area contributed by atoms with Crippen molar-refractivity contribution in [3.63, 3.8) is 0 Å². The smallest absolute Gasteiger partial charge is 0.249 e. The highest BCUT2D eigenvalue weighted by atomic mass is 19.3. The maximum absolute atomic E-state index is 12.5. The molecule has 1 saturated carbocycles. The van der Waals surface area contributed by atoms with Crippen LogP contribution in [-0.2, 0) is 4.79 Å². The molecule has 0 spiro atoms. The van der Waals surface area contributed by atoms with Gasteiger partial charge in [0.05, 0.1) is 0 Å². The summed E-state index contributed by atoms with van der Waals surface area (Å²) in [6, 6.07) is 0.0273. The summed E-state index contributed by atoms with van der Waals surface area (Å²) in [5.41, 5.74) is 5.63. The zero-order valence-electron chi connectivity index (χ0n) is 7.88. The molecule has 1 aliphatic carbocycles. The molecule has 2 N–H and O–H groups in total. The van der Waals surface area contributed by atoms with Crippen molar-refractivity contribution in [3.8, 4) is 0 Å². The monoisotopic (exact) mass is 204 g/mol. The van der Waals surface area contributed by atoms with Gasteiger partial charge in [-0.15, -0.1) is 0 Å². The van der Waals surface area contributed by atoms with Gasteiger partial charge in [0, 0.05) is 37.9 Å². The topological polar surface area (TPSA) is 46.3 Å². The van der Waals surface area contributed by atoms with Gasteiger partial charge in [-0.25, -0.2) is 8.78 Å². The van der Waals surface area contributed by atoms with Crippen LogP contribution < -0.4 is 5.73 Å². The molecule has 2 aliphatic rings. The van der Waals surface area contributed by atoms with Crippen molar-refractivity contribution < 1.29 is 13.6 Å². The minimum Gasteiger partial charge on any atom is -0.341 e. The first-order chi connectivity index (χ1) is 6.48. The number of alkyl halides is 2. The third-order valence-corrected chi connectivity index (χ3v) is 2.98. The number of amides is 1. The van der Waals surface area contributed by atoms with E-state index in [0.29, 0.717) is 13.1 Å². The minimum absolute atomic E-state index is 0.0273. The van der Waals surface area contributed by atoms with Crippen LogP contribution >= 0.6 is 0 Å². The number of carbonyl (C=O) groups excluding carboxylic acids is 1. The normalized spacial score (nSPS) is 31.6. The van der Waals surface area contributed by atoms with Crippen LogP contribution in [0, 0.1) is 5.92 Å². The molecule has 1 amide bonds. The Bertz CT molecular complexity index is 249.